The van der Waals surface area contributed by atoms with Crippen molar-refractivity contribution < 1.29 is 14.3 Å². The minimum absolute atomic E-state index is 0.216. The molecule has 2 heterocycles. The van der Waals surface area contributed by atoms with Crippen LogP contribution in [0.5, 0.6) is 0 Å². The summed E-state index contributed by atoms with van der Waals surface area (Å²) in [6.07, 6.45) is 6.20. The molecule has 3 nitrogen and oxygen atoms in total. The van der Waals surface area contributed by atoms with E-state index in [-0.39, 0.29) is 12.0 Å². The SMILES string of the molecule is CC1OC2CC1CC2C(=O)C1CC2CC1C1OC21. The third-order valence-corrected chi connectivity index (χ3v) is 6.42. The third kappa shape index (κ3) is 1.16. The molecule has 5 aliphatic rings. The van der Waals surface area contributed by atoms with Gasteiger partial charge in [0.2, 0.25) is 0 Å². The maximum absolute atomic E-state index is 12.8. The molecule has 3 saturated carbocycles. The molecule has 0 amide bonds. The first kappa shape index (κ1) is 10.4. The van der Waals surface area contributed by atoms with Crippen LogP contribution in [0.1, 0.15) is 32.6 Å². The molecule has 5 rings (SSSR count). The van der Waals surface area contributed by atoms with Gasteiger partial charge < -0.3 is 9.47 Å². The lowest BCUT2D eigenvalue weighted by Gasteiger charge is -2.29. The molecular formula is C15H20O3. The maximum Gasteiger partial charge on any atom is 0.142 e. The second kappa shape index (κ2) is 3.18. The summed E-state index contributed by atoms with van der Waals surface area (Å²) in [5, 5.41) is 0. The van der Waals surface area contributed by atoms with Crippen molar-refractivity contribution in [3.05, 3.63) is 0 Å². The van der Waals surface area contributed by atoms with Crippen LogP contribution < -0.4 is 0 Å². The van der Waals surface area contributed by atoms with Crippen molar-refractivity contribution in [3.63, 3.8) is 0 Å². The number of Topliss-reactive ketones (excluding diaryl/α,β-unsaturated/α-hetero) is 1. The van der Waals surface area contributed by atoms with Gasteiger partial charge in [0.25, 0.3) is 0 Å². The average molecular weight is 248 g/mol. The highest BCUT2D eigenvalue weighted by Gasteiger charge is 2.65. The van der Waals surface area contributed by atoms with Crippen LogP contribution in [0.4, 0.5) is 0 Å². The van der Waals surface area contributed by atoms with Crippen molar-refractivity contribution >= 4 is 5.78 Å². The zero-order valence-electron chi connectivity index (χ0n) is 10.7. The Labute approximate surface area is 107 Å². The summed E-state index contributed by atoms with van der Waals surface area (Å²) >= 11 is 0. The van der Waals surface area contributed by atoms with Crippen molar-refractivity contribution in [1.29, 1.82) is 0 Å². The number of hydrogen-bond acceptors (Lipinski definition) is 3. The fraction of sp³-hybridized carbons (Fsp3) is 0.933. The van der Waals surface area contributed by atoms with Crippen molar-refractivity contribution in [2.24, 2.45) is 29.6 Å². The summed E-state index contributed by atoms with van der Waals surface area (Å²) < 4.78 is 11.6. The lowest BCUT2D eigenvalue weighted by Crippen LogP contribution is -2.37. The number of ether oxygens (including phenoxy) is 2. The van der Waals surface area contributed by atoms with Crippen LogP contribution in [0.2, 0.25) is 0 Å². The highest BCUT2D eigenvalue weighted by atomic mass is 16.6. The highest BCUT2D eigenvalue weighted by Crippen LogP contribution is 2.60. The average Bonchev–Trinajstić information content (AvgIpc) is 2.72. The van der Waals surface area contributed by atoms with Crippen LogP contribution in [0.15, 0.2) is 0 Å². The Kier molecular flexibility index (Phi) is 1.84. The van der Waals surface area contributed by atoms with Crippen LogP contribution in [-0.4, -0.2) is 30.2 Å². The van der Waals surface area contributed by atoms with Gasteiger partial charge in [-0.05, 0) is 50.4 Å². The summed E-state index contributed by atoms with van der Waals surface area (Å²) in [7, 11) is 0. The molecule has 5 fully saturated rings. The van der Waals surface area contributed by atoms with Crippen molar-refractivity contribution in [3.8, 4) is 0 Å². The number of carbonyl (C=O) groups is 1. The summed E-state index contributed by atoms with van der Waals surface area (Å²) in [5.74, 6) is 2.95. The van der Waals surface area contributed by atoms with Crippen LogP contribution in [-0.2, 0) is 14.3 Å². The van der Waals surface area contributed by atoms with E-state index in [1.807, 2.05) is 0 Å². The largest absolute Gasteiger partial charge is 0.374 e. The van der Waals surface area contributed by atoms with Crippen molar-refractivity contribution in [2.45, 2.75) is 57.0 Å². The second-order valence-corrected chi connectivity index (χ2v) is 7.19. The first-order valence-corrected chi connectivity index (χ1v) is 7.57. The minimum Gasteiger partial charge on any atom is -0.374 e. The van der Waals surface area contributed by atoms with Gasteiger partial charge in [-0.25, -0.2) is 0 Å². The predicted molar refractivity (Wildman–Crippen MR) is 63.9 cm³/mol. The standard InChI is InChI=1S/C15H20O3/c1-6-7-2-11(12(5-7)17-6)13(16)9-3-8-4-10(9)15-14(8)18-15/h6-12,14-15H,2-5H2,1H3. The molecule has 9 unspecified atom stereocenters. The highest BCUT2D eigenvalue weighted by molar-refractivity contribution is 5.85. The van der Waals surface area contributed by atoms with Gasteiger partial charge in [0, 0.05) is 11.8 Å². The van der Waals surface area contributed by atoms with Gasteiger partial charge in [-0.1, -0.05) is 0 Å². The zero-order valence-corrected chi connectivity index (χ0v) is 10.7. The molecule has 2 aliphatic heterocycles. The Bertz CT molecular complexity index is 418. The molecule has 0 aromatic carbocycles. The van der Waals surface area contributed by atoms with Crippen LogP contribution in [0, 0.1) is 29.6 Å². The Morgan fingerprint density at radius 1 is 0.944 bits per heavy atom. The predicted octanol–water partition coefficient (Wildman–Crippen LogP) is 1.79. The van der Waals surface area contributed by atoms with Gasteiger partial charge in [0.05, 0.1) is 24.4 Å². The zero-order chi connectivity index (χ0) is 12.0. The monoisotopic (exact) mass is 248 g/mol. The van der Waals surface area contributed by atoms with Gasteiger partial charge in [-0.2, -0.15) is 0 Å². The number of rotatable bonds is 2. The van der Waals surface area contributed by atoms with Crippen molar-refractivity contribution in [2.75, 3.05) is 0 Å². The Morgan fingerprint density at radius 2 is 1.78 bits per heavy atom. The fourth-order valence-electron chi connectivity index (χ4n) is 5.46. The third-order valence-electron chi connectivity index (χ3n) is 6.42. The van der Waals surface area contributed by atoms with E-state index < -0.39 is 0 Å². The first-order chi connectivity index (χ1) is 8.72. The summed E-state index contributed by atoms with van der Waals surface area (Å²) in [6.45, 7) is 2.16. The summed E-state index contributed by atoms with van der Waals surface area (Å²) in [5.41, 5.74) is 0. The van der Waals surface area contributed by atoms with E-state index in [4.69, 9.17) is 9.47 Å². The topological polar surface area (TPSA) is 38.8 Å². The Morgan fingerprint density at radius 3 is 2.39 bits per heavy atom. The number of hydrogen-bond donors (Lipinski definition) is 0. The van der Waals surface area contributed by atoms with Crippen LogP contribution in [0.25, 0.3) is 0 Å². The summed E-state index contributed by atoms with van der Waals surface area (Å²) in [4.78, 5) is 12.8. The van der Waals surface area contributed by atoms with Gasteiger partial charge in [-0.3, -0.25) is 4.79 Å². The molecule has 3 aliphatic carbocycles. The normalized spacial score (nSPS) is 63.3. The lowest BCUT2D eigenvalue weighted by molar-refractivity contribution is -0.135. The van der Waals surface area contributed by atoms with E-state index in [0.717, 1.165) is 19.3 Å². The van der Waals surface area contributed by atoms with Crippen LogP contribution in [0.3, 0.4) is 0 Å². The minimum atomic E-state index is 0.216. The molecule has 9 atom stereocenters. The molecule has 3 heteroatoms. The van der Waals surface area contributed by atoms with E-state index in [1.54, 1.807) is 0 Å². The molecule has 98 valence electrons. The first-order valence-electron chi connectivity index (χ1n) is 7.57. The molecule has 0 spiro atoms. The quantitative estimate of drug-likeness (QED) is 0.699. The molecule has 0 aromatic rings. The fourth-order valence-corrected chi connectivity index (χ4v) is 5.46. The number of carbonyl (C=O) groups excluding carboxylic acids is 1. The molecule has 18 heavy (non-hydrogen) atoms. The number of ketones is 1. The van der Waals surface area contributed by atoms with Crippen LogP contribution >= 0.6 is 0 Å². The smallest absolute Gasteiger partial charge is 0.142 e. The Balaban J connectivity index is 1.35. The van der Waals surface area contributed by atoms with Gasteiger partial charge >= 0.3 is 0 Å². The van der Waals surface area contributed by atoms with E-state index in [1.165, 1.54) is 6.42 Å². The van der Waals surface area contributed by atoms with Crippen molar-refractivity contribution in [1.82, 2.24) is 0 Å². The Hall–Kier alpha value is -0.410. The molecule has 0 N–H and O–H groups in total. The van der Waals surface area contributed by atoms with Gasteiger partial charge in [-0.15, -0.1) is 0 Å². The van der Waals surface area contributed by atoms with E-state index in [0.29, 0.717) is 47.8 Å². The van der Waals surface area contributed by atoms with E-state index in [2.05, 4.69) is 6.92 Å². The van der Waals surface area contributed by atoms with E-state index in [9.17, 15) is 4.79 Å². The number of fused-ring (bicyclic) bond motifs is 7. The lowest BCUT2D eigenvalue weighted by atomic mass is 9.79. The summed E-state index contributed by atoms with van der Waals surface area (Å²) in [6, 6.07) is 0. The molecule has 4 bridgehead atoms. The molecule has 2 saturated heterocycles. The second-order valence-electron chi connectivity index (χ2n) is 7.19. The van der Waals surface area contributed by atoms with E-state index >= 15 is 0 Å². The molecule has 0 aromatic heterocycles. The van der Waals surface area contributed by atoms with Gasteiger partial charge in [0.1, 0.15) is 5.78 Å². The number of epoxide rings is 1. The maximum atomic E-state index is 12.8. The molecule has 0 radical (unpaired) electrons. The molecular weight excluding hydrogens is 228 g/mol. The van der Waals surface area contributed by atoms with Gasteiger partial charge in [0.15, 0.2) is 0 Å².